The first-order chi connectivity index (χ1) is 12.0. The van der Waals surface area contributed by atoms with E-state index in [0.29, 0.717) is 10.7 Å². The van der Waals surface area contributed by atoms with Crippen LogP contribution in [0.25, 0.3) is 0 Å². The van der Waals surface area contributed by atoms with Crippen LogP contribution >= 0.6 is 23.2 Å². The van der Waals surface area contributed by atoms with Crippen LogP contribution in [0.5, 0.6) is 0 Å². The van der Waals surface area contributed by atoms with E-state index in [4.69, 9.17) is 23.2 Å². The third-order valence-electron chi connectivity index (χ3n) is 4.11. The van der Waals surface area contributed by atoms with Crippen LogP contribution in [0.4, 0.5) is 11.4 Å². The average molecular weight is 415 g/mol. The molecule has 26 heavy (non-hydrogen) atoms. The molecule has 8 heteroatoms. The lowest BCUT2D eigenvalue weighted by Crippen LogP contribution is -2.45. The van der Waals surface area contributed by atoms with Crippen molar-refractivity contribution in [1.82, 2.24) is 0 Å². The van der Waals surface area contributed by atoms with Crippen LogP contribution < -0.4 is 9.62 Å². The number of nitrogens with one attached hydrogen (secondary N) is 1. The summed E-state index contributed by atoms with van der Waals surface area (Å²) in [5.41, 5.74) is 2.86. The van der Waals surface area contributed by atoms with Crippen molar-refractivity contribution in [2.75, 3.05) is 15.9 Å². The summed E-state index contributed by atoms with van der Waals surface area (Å²) in [6, 6.07) is 8.98. The Hall–Kier alpha value is -1.76. The van der Waals surface area contributed by atoms with Gasteiger partial charge in [0.1, 0.15) is 6.04 Å². The highest BCUT2D eigenvalue weighted by Gasteiger charge is 2.29. The Morgan fingerprint density at radius 1 is 1.12 bits per heavy atom. The number of aryl methyl sites for hydroxylation is 1. The van der Waals surface area contributed by atoms with Gasteiger partial charge in [0.25, 0.3) is 0 Å². The number of halogens is 2. The number of rotatable bonds is 5. The van der Waals surface area contributed by atoms with Crippen molar-refractivity contribution >= 4 is 50.5 Å². The topological polar surface area (TPSA) is 66.5 Å². The zero-order valence-corrected chi connectivity index (χ0v) is 17.2. The van der Waals surface area contributed by atoms with E-state index in [1.165, 1.54) is 25.1 Å². The molecule has 0 aliphatic rings. The lowest BCUT2D eigenvalue weighted by Gasteiger charge is -2.28. The van der Waals surface area contributed by atoms with Crippen molar-refractivity contribution in [3.05, 3.63) is 57.6 Å². The Morgan fingerprint density at radius 2 is 1.77 bits per heavy atom. The molecular weight excluding hydrogens is 395 g/mol. The molecule has 1 unspecified atom stereocenters. The van der Waals surface area contributed by atoms with Crippen LogP contribution in [0.1, 0.15) is 18.1 Å². The van der Waals surface area contributed by atoms with Gasteiger partial charge < -0.3 is 5.32 Å². The largest absolute Gasteiger partial charge is 0.324 e. The zero-order chi connectivity index (χ0) is 19.6. The fourth-order valence-electron chi connectivity index (χ4n) is 2.55. The van der Waals surface area contributed by atoms with Crippen molar-refractivity contribution in [1.29, 1.82) is 0 Å². The molecule has 0 aromatic heterocycles. The third kappa shape index (κ3) is 4.50. The van der Waals surface area contributed by atoms with Gasteiger partial charge in [0.2, 0.25) is 15.9 Å². The number of hydrogen-bond donors (Lipinski definition) is 1. The van der Waals surface area contributed by atoms with Crippen LogP contribution in [0, 0.1) is 13.8 Å². The Morgan fingerprint density at radius 3 is 2.35 bits per heavy atom. The molecule has 1 N–H and O–H groups in total. The van der Waals surface area contributed by atoms with E-state index < -0.39 is 22.0 Å². The third-order valence-corrected chi connectivity index (χ3v) is 6.09. The minimum atomic E-state index is -3.73. The Labute approximate surface area is 164 Å². The summed E-state index contributed by atoms with van der Waals surface area (Å²) in [5, 5.41) is 3.31. The summed E-state index contributed by atoms with van der Waals surface area (Å²) in [6.45, 7) is 5.35. The lowest BCUT2D eigenvalue weighted by molar-refractivity contribution is -0.116. The van der Waals surface area contributed by atoms with Gasteiger partial charge in [-0.3, -0.25) is 9.10 Å². The first-order valence-electron chi connectivity index (χ1n) is 7.84. The van der Waals surface area contributed by atoms with Crippen molar-refractivity contribution < 1.29 is 13.2 Å². The molecule has 0 aliphatic carbocycles. The van der Waals surface area contributed by atoms with E-state index in [0.717, 1.165) is 21.7 Å². The standard InChI is InChI=1S/C18H20Cl2N2O3S/c1-11-6-5-7-17(12(11)2)21-18(23)13(3)22(26(4,24)25)14-8-9-15(19)16(20)10-14/h5-10,13H,1-4H3,(H,21,23). The summed E-state index contributed by atoms with van der Waals surface area (Å²) in [6.07, 6.45) is 1.04. The number of benzene rings is 2. The molecule has 0 saturated heterocycles. The van der Waals surface area contributed by atoms with Gasteiger partial charge in [-0.15, -0.1) is 0 Å². The van der Waals surface area contributed by atoms with Gasteiger partial charge in [-0.05, 0) is 56.2 Å². The summed E-state index contributed by atoms with van der Waals surface area (Å²) in [7, 11) is -3.73. The van der Waals surface area contributed by atoms with E-state index in [9.17, 15) is 13.2 Å². The maximum absolute atomic E-state index is 12.7. The van der Waals surface area contributed by atoms with Crippen LogP contribution in [0.15, 0.2) is 36.4 Å². The minimum Gasteiger partial charge on any atom is -0.324 e. The highest BCUT2D eigenvalue weighted by molar-refractivity contribution is 7.92. The van der Waals surface area contributed by atoms with Crippen molar-refractivity contribution in [3.8, 4) is 0 Å². The van der Waals surface area contributed by atoms with Gasteiger partial charge in [0.15, 0.2) is 0 Å². The van der Waals surface area contributed by atoms with E-state index in [2.05, 4.69) is 5.32 Å². The van der Waals surface area contributed by atoms with Crippen LogP contribution in [-0.2, 0) is 14.8 Å². The van der Waals surface area contributed by atoms with E-state index in [-0.39, 0.29) is 10.7 Å². The molecule has 2 aromatic rings. The molecule has 2 aromatic carbocycles. The van der Waals surface area contributed by atoms with Crippen molar-refractivity contribution in [3.63, 3.8) is 0 Å². The second-order valence-corrected chi connectivity index (χ2v) is 8.74. The molecule has 5 nitrogen and oxygen atoms in total. The normalized spacial score (nSPS) is 12.5. The molecule has 0 aliphatic heterocycles. The van der Waals surface area contributed by atoms with E-state index >= 15 is 0 Å². The van der Waals surface area contributed by atoms with Gasteiger partial charge >= 0.3 is 0 Å². The van der Waals surface area contributed by atoms with Gasteiger partial charge in [-0.2, -0.15) is 0 Å². The fourth-order valence-corrected chi connectivity index (χ4v) is 4.01. The molecule has 1 atom stereocenters. The molecule has 0 radical (unpaired) electrons. The Bertz CT molecular complexity index is 945. The van der Waals surface area contributed by atoms with E-state index in [1.807, 2.05) is 26.0 Å². The predicted octanol–water partition coefficient (Wildman–Crippen LogP) is 4.40. The van der Waals surface area contributed by atoms with Gasteiger partial charge in [-0.1, -0.05) is 35.3 Å². The fraction of sp³-hybridized carbons (Fsp3) is 0.278. The summed E-state index contributed by atoms with van der Waals surface area (Å²) >= 11 is 11.9. The molecule has 0 bridgehead atoms. The van der Waals surface area contributed by atoms with Crippen LogP contribution in [0.2, 0.25) is 10.0 Å². The quantitative estimate of drug-likeness (QED) is 0.787. The van der Waals surface area contributed by atoms with Gasteiger partial charge in [0, 0.05) is 5.69 Å². The Kier molecular flexibility index (Phi) is 6.21. The number of sulfonamides is 1. The summed E-state index contributed by atoms with van der Waals surface area (Å²) in [4.78, 5) is 12.7. The highest BCUT2D eigenvalue weighted by Crippen LogP contribution is 2.30. The number of carbonyl (C=O) groups excluding carboxylic acids is 1. The number of anilines is 2. The number of carbonyl (C=O) groups is 1. The summed E-state index contributed by atoms with van der Waals surface area (Å²) in [5.74, 6) is -0.449. The molecule has 140 valence electrons. The second-order valence-electron chi connectivity index (χ2n) is 6.07. The minimum absolute atomic E-state index is 0.208. The first-order valence-corrected chi connectivity index (χ1v) is 10.4. The molecule has 0 heterocycles. The molecule has 0 spiro atoms. The molecule has 0 fully saturated rings. The number of amides is 1. The zero-order valence-electron chi connectivity index (χ0n) is 14.9. The number of nitrogens with zero attached hydrogens (tertiary/aromatic N) is 1. The highest BCUT2D eigenvalue weighted by atomic mass is 35.5. The monoisotopic (exact) mass is 414 g/mol. The molecule has 2 rings (SSSR count). The molecule has 0 saturated carbocycles. The SMILES string of the molecule is Cc1cccc(NC(=O)C(C)N(c2ccc(Cl)c(Cl)c2)S(C)(=O)=O)c1C. The average Bonchev–Trinajstić information content (AvgIpc) is 2.54. The first kappa shape index (κ1) is 20.6. The lowest BCUT2D eigenvalue weighted by atomic mass is 10.1. The number of hydrogen-bond acceptors (Lipinski definition) is 3. The summed E-state index contributed by atoms with van der Waals surface area (Å²) < 4.78 is 25.7. The molecular formula is C18H20Cl2N2O3S. The Balaban J connectivity index is 2.37. The van der Waals surface area contributed by atoms with Crippen molar-refractivity contribution in [2.24, 2.45) is 0 Å². The van der Waals surface area contributed by atoms with Gasteiger partial charge in [-0.25, -0.2) is 8.42 Å². The van der Waals surface area contributed by atoms with Gasteiger partial charge in [0.05, 0.1) is 22.0 Å². The second kappa shape index (κ2) is 7.86. The van der Waals surface area contributed by atoms with Crippen LogP contribution in [0.3, 0.4) is 0 Å². The van der Waals surface area contributed by atoms with E-state index in [1.54, 1.807) is 6.07 Å². The maximum Gasteiger partial charge on any atom is 0.248 e. The van der Waals surface area contributed by atoms with Crippen LogP contribution in [-0.4, -0.2) is 26.6 Å². The maximum atomic E-state index is 12.7. The predicted molar refractivity (Wildman–Crippen MR) is 108 cm³/mol. The van der Waals surface area contributed by atoms with Crippen molar-refractivity contribution in [2.45, 2.75) is 26.8 Å². The molecule has 1 amide bonds. The smallest absolute Gasteiger partial charge is 0.248 e.